The molecule has 2 aromatic rings. The molecule has 1 aliphatic rings. The lowest BCUT2D eigenvalue weighted by molar-refractivity contribution is 0.106. The van der Waals surface area contributed by atoms with Gasteiger partial charge in [0, 0.05) is 18.2 Å². The first-order chi connectivity index (χ1) is 9.16. The third kappa shape index (κ3) is 2.08. The molecule has 1 fully saturated rings. The number of anilines is 1. The van der Waals surface area contributed by atoms with Crippen LogP contribution < -0.4 is 5.73 Å². The van der Waals surface area contributed by atoms with Gasteiger partial charge in [-0.1, -0.05) is 5.16 Å². The lowest BCUT2D eigenvalue weighted by atomic mass is 10.0. The zero-order valence-corrected chi connectivity index (χ0v) is 10.0. The Morgan fingerprint density at radius 3 is 2.84 bits per heavy atom. The number of hydrogen-bond donors (Lipinski definition) is 1. The lowest BCUT2D eigenvalue weighted by Gasteiger charge is -2.09. The SMILES string of the molecule is Nc1onc(C2CCCO2)c1-c1ccc(F)cc1F. The summed E-state index contributed by atoms with van der Waals surface area (Å²) in [7, 11) is 0. The van der Waals surface area contributed by atoms with E-state index >= 15 is 0 Å². The van der Waals surface area contributed by atoms with Crippen LogP contribution in [-0.2, 0) is 4.74 Å². The highest BCUT2D eigenvalue weighted by Gasteiger charge is 2.28. The van der Waals surface area contributed by atoms with Crippen molar-refractivity contribution in [3.8, 4) is 11.1 Å². The molecular formula is C13H12F2N2O2. The molecule has 0 spiro atoms. The van der Waals surface area contributed by atoms with Gasteiger partial charge in [0.2, 0.25) is 5.88 Å². The smallest absolute Gasteiger partial charge is 0.230 e. The van der Waals surface area contributed by atoms with E-state index in [4.69, 9.17) is 15.0 Å². The fourth-order valence-corrected chi connectivity index (χ4v) is 2.29. The molecule has 0 bridgehead atoms. The number of aromatic nitrogens is 1. The Bertz CT molecular complexity index is 607. The molecule has 0 aliphatic carbocycles. The van der Waals surface area contributed by atoms with Gasteiger partial charge in [0.1, 0.15) is 23.4 Å². The first-order valence-corrected chi connectivity index (χ1v) is 5.99. The van der Waals surface area contributed by atoms with Crippen molar-refractivity contribution >= 4 is 5.88 Å². The van der Waals surface area contributed by atoms with Gasteiger partial charge in [-0.25, -0.2) is 8.78 Å². The van der Waals surface area contributed by atoms with E-state index < -0.39 is 11.6 Å². The number of nitrogens with zero attached hydrogens (tertiary/aromatic N) is 1. The first kappa shape index (κ1) is 12.1. The normalized spacial score (nSPS) is 18.9. The van der Waals surface area contributed by atoms with Gasteiger partial charge in [0.25, 0.3) is 0 Å². The van der Waals surface area contributed by atoms with Crippen molar-refractivity contribution in [1.82, 2.24) is 5.16 Å². The molecule has 1 aliphatic heterocycles. The third-order valence-electron chi connectivity index (χ3n) is 3.18. The molecule has 19 heavy (non-hydrogen) atoms. The summed E-state index contributed by atoms with van der Waals surface area (Å²) in [5.41, 5.74) is 6.70. The standard InChI is InChI=1S/C13H12F2N2O2/c14-7-3-4-8(9(15)6-7)11-12(17-19-13(11)16)10-2-1-5-18-10/h3-4,6,10H,1-2,5,16H2. The van der Waals surface area contributed by atoms with Gasteiger partial charge >= 0.3 is 0 Å². The summed E-state index contributed by atoms with van der Waals surface area (Å²) in [6.45, 7) is 0.628. The maximum absolute atomic E-state index is 13.9. The molecule has 1 aromatic carbocycles. The molecule has 0 amide bonds. The second kappa shape index (κ2) is 4.62. The van der Waals surface area contributed by atoms with Crippen LogP contribution in [0.3, 0.4) is 0 Å². The summed E-state index contributed by atoms with van der Waals surface area (Å²) < 4.78 is 37.2. The molecule has 100 valence electrons. The van der Waals surface area contributed by atoms with E-state index in [9.17, 15) is 8.78 Å². The maximum Gasteiger partial charge on any atom is 0.230 e. The Labute approximate surface area is 108 Å². The van der Waals surface area contributed by atoms with Crippen molar-refractivity contribution in [2.24, 2.45) is 0 Å². The second-order valence-corrected chi connectivity index (χ2v) is 4.43. The summed E-state index contributed by atoms with van der Waals surface area (Å²) >= 11 is 0. The molecule has 1 saturated heterocycles. The van der Waals surface area contributed by atoms with Crippen LogP contribution in [0.1, 0.15) is 24.6 Å². The molecule has 1 unspecified atom stereocenters. The van der Waals surface area contributed by atoms with Crippen LogP contribution in [0.5, 0.6) is 0 Å². The van der Waals surface area contributed by atoms with Gasteiger partial charge in [-0.05, 0) is 25.0 Å². The van der Waals surface area contributed by atoms with E-state index in [1.165, 1.54) is 12.1 Å². The Morgan fingerprint density at radius 2 is 2.16 bits per heavy atom. The maximum atomic E-state index is 13.9. The number of ether oxygens (including phenoxy) is 1. The van der Waals surface area contributed by atoms with Gasteiger partial charge in [-0.15, -0.1) is 0 Å². The minimum Gasteiger partial charge on any atom is -0.372 e. The van der Waals surface area contributed by atoms with Gasteiger partial charge in [0.05, 0.1) is 5.56 Å². The van der Waals surface area contributed by atoms with Crippen LogP contribution in [0, 0.1) is 11.6 Å². The van der Waals surface area contributed by atoms with E-state index in [1.807, 2.05) is 0 Å². The van der Waals surface area contributed by atoms with Crippen molar-refractivity contribution in [2.75, 3.05) is 12.3 Å². The molecule has 1 atom stereocenters. The van der Waals surface area contributed by atoms with Crippen molar-refractivity contribution in [1.29, 1.82) is 0 Å². The van der Waals surface area contributed by atoms with E-state index in [0.717, 1.165) is 18.9 Å². The van der Waals surface area contributed by atoms with Gasteiger partial charge < -0.3 is 15.0 Å². The zero-order chi connectivity index (χ0) is 13.4. The molecule has 2 heterocycles. The number of hydrogen-bond acceptors (Lipinski definition) is 4. The summed E-state index contributed by atoms with van der Waals surface area (Å²) in [5, 5.41) is 3.85. The summed E-state index contributed by atoms with van der Waals surface area (Å²) in [6.07, 6.45) is 1.44. The average Bonchev–Trinajstić information content (AvgIpc) is 2.99. The van der Waals surface area contributed by atoms with Crippen LogP contribution in [-0.4, -0.2) is 11.8 Å². The lowest BCUT2D eigenvalue weighted by Crippen LogP contribution is -2.00. The Hall–Kier alpha value is -1.95. The van der Waals surface area contributed by atoms with Crippen LogP contribution in [0.15, 0.2) is 22.7 Å². The molecule has 0 radical (unpaired) electrons. The molecule has 3 rings (SSSR count). The first-order valence-electron chi connectivity index (χ1n) is 5.99. The second-order valence-electron chi connectivity index (χ2n) is 4.43. The van der Waals surface area contributed by atoms with Crippen LogP contribution in [0.4, 0.5) is 14.7 Å². The Balaban J connectivity index is 2.10. The fourth-order valence-electron chi connectivity index (χ4n) is 2.29. The quantitative estimate of drug-likeness (QED) is 0.907. The largest absolute Gasteiger partial charge is 0.372 e. The molecular weight excluding hydrogens is 254 g/mol. The van der Waals surface area contributed by atoms with Crippen molar-refractivity contribution in [3.05, 3.63) is 35.5 Å². The van der Waals surface area contributed by atoms with Crippen LogP contribution >= 0.6 is 0 Å². The van der Waals surface area contributed by atoms with Crippen LogP contribution in [0.25, 0.3) is 11.1 Å². The molecule has 6 heteroatoms. The Kier molecular flexibility index (Phi) is 2.94. The molecule has 0 saturated carbocycles. The fraction of sp³-hybridized carbons (Fsp3) is 0.308. The average molecular weight is 266 g/mol. The van der Waals surface area contributed by atoms with Crippen molar-refractivity contribution in [2.45, 2.75) is 18.9 Å². The third-order valence-corrected chi connectivity index (χ3v) is 3.18. The van der Waals surface area contributed by atoms with Crippen molar-refractivity contribution in [3.63, 3.8) is 0 Å². The van der Waals surface area contributed by atoms with Gasteiger partial charge in [-0.2, -0.15) is 0 Å². The van der Waals surface area contributed by atoms with E-state index in [0.29, 0.717) is 17.9 Å². The highest BCUT2D eigenvalue weighted by atomic mass is 19.1. The monoisotopic (exact) mass is 266 g/mol. The van der Waals surface area contributed by atoms with Crippen molar-refractivity contribution < 1.29 is 18.0 Å². The highest BCUT2D eigenvalue weighted by molar-refractivity contribution is 5.75. The summed E-state index contributed by atoms with van der Waals surface area (Å²) in [5.74, 6) is -1.33. The predicted octanol–water partition coefficient (Wildman–Crippen LogP) is 3.05. The van der Waals surface area contributed by atoms with E-state index in [-0.39, 0.29) is 17.6 Å². The molecule has 1 aromatic heterocycles. The highest BCUT2D eigenvalue weighted by Crippen LogP contribution is 2.39. The van der Waals surface area contributed by atoms with E-state index in [1.54, 1.807) is 0 Å². The summed E-state index contributed by atoms with van der Waals surface area (Å²) in [6, 6.07) is 3.30. The minimum atomic E-state index is -0.700. The predicted molar refractivity (Wildman–Crippen MR) is 64.2 cm³/mol. The molecule has 2 N–H and O–H groups in total. The Morgan fingerprint density at radius 1 is 1.32 bits per heavy atom. The number of nitrogens with two attached hydrogens (primary N) is 1. The number of benzene rings is 1. The van der Waals surface area contributed by atoms with E-state index in [2.05, 4.69) is 5.16 Å². The zero-order valence-electron chi connectivity index (χ0n) is 10.0. The van der Waals surface area contributed by atoms with Crippen LogP contribution in [0.2, 0.25) is 0 Å². The number of nitrogen functional groups attached to an aromatic ring is 1. The minimum absolute atomic E-state index is 0.0102. The van der Waals surface area contributed by atoms with Gasteiger partial charge in [0.15, 0.2) is 0 Å². The number of rotatable bonds is 2. The van der Waals surface area contributed by atoms with Gasteiger partial charge in [-0.3, -0.25) is 0 Å². The summed E-state index contributed by atoms with van der Waals surface area (Å²) in [4.78, 5) is 0. The molecule has 4 nitrogen and oxygen atoms in total. The number of halogens is 2. The topological polar surface area (TPSA) is 61.3 Å².